The zero-order valence-corrected chi connectivity index (χ0v) is 9.89. The summed E-state index contributed by atoms with van der Waals surface area (Å²) < 4.78 is 5.34. The third-order valence-corrected chi connectivity index (χ3v) is 2.39. The summed E-state index contributed by atoms with van der Waals surface area (Å²) >= 11 is 5.84. The van der Waals surface area contributed by atoms with Gasteiger partial charge in [0.25, 0.3) is 5.91 Å². The number of anilines is 1. The molecule has 7 heteroatoms. The fourth-order valence-corrected chi connectivity index (χ4v) is 1.37. The Labute approximate surface area is 108 Å². The number of hydrogen-bond donors (Lipinski definition) is 2. The van der Waals surface area contributed by atoms with Crippen molar-refractivity contribution >= 4 is 23.2 Å². The van der Waals surface area contributed by atoms with Crippen molar-refractivity contribution in [2.75, 3.05) is 5.73 Å². The van der Waals surface area contributed by atoms with Gasteiger partial charge in [0.1, 0.15) is 11.4 Å². The first-order valence-corrected chi connectivity index (χ1v) is 5.30. The molecule has 0 saturated carbocycles. The van der Waals surface area contributed by atoms with Crippen LogP contribution in [-0.2, 0) is 0 Å². The number of ether oxygens (including phenoxy) is 1. The molecule has 0 aliphatic heterocycles. The average molecular weight is 265 g/mol. The van der Waals surface area contributed by atoms with Gasteiger partial charge in [0.2, 0.25) is 0 Å². The topological polar surface area (TPSA) is 104 Å². The molecule has 18 heavy (non-hydrogen) atoms. The molecular weight excluding hydrogens is 256 g/mol. The van der Waals surface area contributed by atoms with Crippen LogP contribution in [0.15, 0.2) is 30.5 Å². The molecule has 0 spiro atoms. The lowest BCUT2D eigenvalue weighted by molar-refractivity contribution is 0.0994. The van der Waals surface area contributed by atoms with E-state index in [1.807, 2.05) is 0 Å². The summed E-state index contributed by atoms with van der Waals surface area (Å²) in [5.74, 6) is -0.242. The van der Waals surface area contributed by atoms with E-state index in [9.17, 15) is 4.79 Å². The molecular formula is C11H9ClN4O2. The minimum absolute atomic E-state index is 0.00661. The third kappa shape index (κ3) is 2.67. The van der Waals surface area contributed by atoms with E-state index in [0.717, 1.165) is 0 Å². The summed E-state index contributed by atoms with van der Waals surface area (Å²) in [6.45, 7) is 0. The highest BCUT2D eigenvalue weighted by atomic mass is 35.5. The number of nitrogens with two attached hydrogens (primary N) is 2. The number of amides is 1. The predicted octanol–water partition coefficient (Wildman–Crippen LogP) is 1.60. The highest BCUT2D eigenvalue weighted by molar-refractivity contribution is 6.33. The van der Waals surface area contributed by atoms with Gasteiger partial charge in [-0.1, -0.05) is 11.6 Å². The predicted molar refractivity (Wildman–Crippen MR) is 66.5 cm³/mol. The van der Waals surface area contributed by atoms with Crippen molar-refractivity contribution in [1.29, 1.82) is 0 Å². The lowest BCUT2D eigenvalue weighted by Gasteiger charge is -2.05. The molecule has 1 aromatic carbocycles. The largest absolute Gasteiger partial charge is 0.424 e. The monoisotopic (exact) mass is 264 g/mol. The number of nitrogens with zero attached hydrogens (tertiary/aromatic N) is 2. The summed E-state index contributed by atoms with van der Waals surface area (Å²) in [5, 5.41) is 0.360. The van der Waals surface area contributed by atoms with Crippen LogP contribution in [0.3, 0.4) is 0 Å². The van der Waals surface area contributed by atoms with Crippen molar-refractivity contribution in [3.8, 4) is 11.8 Å². The van der Waals surface area contributed by atoms with Crippen LogP contribution in [0.5, 0.6) is 11.8 Å². The highest BCUT2D eigenvalue weighted by Crippen LogP contribution is 2.26. The van der Waals surface area contributed by atoms with Crippen LogP contribution in [-0.4, -0.2) is 15.9 Å². The third-order valence-electron chi connectivity index (χ3n) is 2.07. The van der Waals surface area contributed by atoms with Crippen LogP contribution in [0, 0.1) is 0 Å². The Hall–Kier alpha value is -2.34. The Morgan fingerprint density at radius 1 is 1.33 bits per heavy atom. The minimum atomic E-state index is -0.655. The molecule has 0 unspecified atom stereocenters. The summed E-state index contributed by atoms with van der Waals surface area (Å²) in [6.07, 6.45) is 1.38. The summed E-state index contributed by atoms with van der Waals surface area (Å²) in [7, 11) is 0. The molecule has 1 amide bonds. The molecule has 0 radical (unpaired) electrons. The normalized spacial score (nSPS) is 10.1. The number of aromatic nitrogens is 2. The highest BCUT2D eigenvalue weighted by Gasteiger charge is 2.07. The van der Waals surface area contributed by atoms with Gasteiger partial charge in [-0.2, -0.15) is 4.98 Å². The number of nitrogen functional groups attached to an aromatic ring is 1. The molecule has 0 fully saturated rings. The molecule has 92 valence electrons. The van der Waals surface area contributed by atoms with Crippen LogP contribution >= 0.6 is 11.6 Å². The zero-order valence-electron chi connectivity index (χ0n) is 9.13. The molecule has 2 rings (SSSR count). The number of rotatable bonds is 3. The fraction of sp³-hybridized carbons (Fsp3) is 0. The number of benzene rings is 1. The van der Waals surface area contributed by atoms with Gasteiger partial charge in [-0.05, 0) is 18.2 Å². The van der Waals surface area contributed by atoms with E-state index < -0.39 is 5.91 Å². The lowest BCUT2D eigenvalue weighted by atomic mass is 10.3. The summed E-state index contributed by atoms with van der Waals surface area (Å²) in [6, 6.07) is 6.13. The summed E-state index contributed by atoms with van der Waals surface area (Å²) in [4.78, 5) is 18.6. The van der Waals surface area contributed by atoms with E-state index in [0.29, 0.717) is 16.5 Å². The van der Waals surface area contributed by atoms with Gasteiger partial charge in [0.05, 0.1) is 10.7 Å². The molecule has 4 N–H and O–H groups in total. The van der Waals surface area contributed by atoms with E-state index in [1.165, 1.54) is 18.3 Å². The maximum atomic E-state index is 10.9. The minimum Gasteiger partial charge on any atom is -0.424 e. The number of hydrogen-bond acceptors (Lipinski definition) is 5. The second-order valence-electron chi connectivity index (χ2n) is 3.37. The Morgan fingerprint density at radius 3 is 2.78 bits per heavy atom. The number of carbonyl (C=O) groups is 1. The molecule has 0 aliphatic rings. The van der Waals surface area contributed by atoms with Crippen LogP contribution < -0.4 is 16.2 Å². The number of halogens is 1. The average Bonchev–Trinajstić information content (AvgIpc) is 2.34. The Bertz CT molecular complexity index is 603. The van der Waals surface area contributed by atoms with Crippen molar-refractivity contribution in [3.63, 3.8) is 0 Å². The van der Waals surface area contributed by atoms with Gasteiger partial charge in [-0.25, -0.2) is 4.98 Å². The Morgan fingerprint density at radius 2 is 2.11 bits per heavy atom. The quantitative estimate of drug-likeness (QED) is 0.820. The van der Waals surface area contributed by atoms with Crippen molar-refractivity contribution in [2.24, 2.45) is 5.73 Å². The fourth-order valence-electron chi connectivity index (χ4n) is 1.20. The van der Waals surface area contributed by atoms with Gasteiger partial charge < -0.3 is 16.2 Å². The van der Waals surface area contributed by atoms with Crippen LogP contribution in [0.1, 0.15) is 10.5 Å². The smallest absolute Gasteiger partial charge is 0.322 e. The maximum absolute atomic E-state index is 10.9. The lowest BCUT2D eigenvalue weighted by Crippen LogP contribution is -2.13. The van der Waals surface area contributed by atoms with E-state index in [1.54, 1.807) is 12.1 Å². The number of primary amides is 1. The molecule has 2 aromatic rings. The second kappa shape index (κ2) is 4.89. The SMILES string of the molecule is NC(=O)c1ccnc(Oc2ccc(N)c(Cl)c2)n1. The second-order valence-corrected chi connectivity index (χ2v) is 3.78. The Balaban J connectivity index is 2.25. The maximum Gasteiger partial charge on any atom is 0.322 e. The van der Waals surface area contributed by atoms with Crippen LogP contribution in [0.4, 0.5) is 5.69 Å². The van der Waals surface area contributed by atoms with Gasteiger partial charge in [0, 0.05) is 12.3 Å². The molecule has 0 bridgehead atoms. The van der Waals surface area contributed by atoms with Crippen molar-refractivity contribution in [3.05, 3.63) is 41.2 Å². The van der Waals surface area contributed by atoms with Crippen LogP contribution in [0.25, 0.3) is 0 Å². The first-order valence-electron chi connectivity index (χ1n) is 4.92. The van der Waals surface area contributed by atoms with Crippen molar-refractivity contribution in [1.82, 2.24) is 9.97 Å². The van der Waals surface area contributed by atoms with Gasteiger partial charge in [-0.3, -0.25) is 4.79 Å². The van der Waals surface area contributed by atoms with E-state index >= 15 is 0 Å². The molecule has 0 saturated heterocycles. The summed E-state index contributed by atoms with van der Waals surface area (Å²) in [5.41, 5.74) is 11.2. The van der Waals surface area contributed by atoms with E-state index in [4.69, 9.17) is 27.8 Å². The Kier molecular flexibility index (Phi) is 3.29. The van der Waals surface area contributed by atoms with Crippen molar-refractivity contribution in [2.45, 2.75) is 0 Å². The van der Waals surface area contributed by atoms with Gasteiger partial charge in [-0.15, -0.1) is 0 Å². The van der Waals surface area contributed by atoms with Crippen LogP contribution in [0.2, 0.25) is 5.02 Å². The molecule has 1 heterocycles. The standard InChI is InChI=1S/C11H9ClN4O2/c12-7-5-6(1-2-8(7)13)18-11-15-4-3-9(16-11)10(14)17/h1-5H,13H2,(H2,14,17). The first kappa shape index (κ1) is 12.1. The van der Waals surface area contributed by atoms with Gasteiger partial charge in [0.15, 0.2) is 0 Å². The molecule has 0 aliphatic carbocycles. The molecule has 6 nitrogen and oxygen atoms in total. The van der Waals surface area contributed by atoms with Crippen molar-refractivity contribution < 1.29 is 9.53 Å². The molecule has 0 atom stereocenters. The first-order chi connectivity index (χ1) is 8.56. The van der Waals surface area contributed by atoms with E-state index in [2.05, 4.69) is 9.97 Å². The zero-order chi connectivity index (χ0) is 13.1. The molecule has 1 aromatic heterocycles. The van der Waals surface area contributed by atoms with Gasteiger partial charge >= 0.3 is 6.01 Å². The number of carbonyl (C=O) groups excluding carboxylic acids is 1. The van der Waals surface area contributed by atoms with E-state index in [-0.39, 0.29) is 11.7 Å².